The molecule has 0 bridgehead atoms. The van der Waals surface area contributed by atoms with Crippen LogP contribution in [0.5, 0.6) is 0 Å². The lowest BCUT2D eigenvalue weighted by molar-refractivity contribution is 0.598. The second-order valence-electron chi connectivity index (χ2n) is 3.92. The van der Waals surface area contributed by atoms with Gasteiger partial charge >= 0.3 is 5.69 Å². The zero-order valence-electron chi connectivity index (χ0n) is 10.2. The van der Waals surface area contributed by atoms with Crippen molar-refractivity contribution >= 4 is 0 Å². The number of hydrogen-bond donors (Lipinski definition) is 3. The predicted molar refractivity (Wildman–Crippen MR) is 67.1 cm³/mol. The molecule has 0 fully saturated rings. The normalized spacial score (nSPS) is 10.8. The average molecular weight is 240 g/mol. The molecule has 1 heterocycles. The maximum atomic E-state index is 12.1. The summed E-state index contributed by atoms with van der Waals surface area (Å²) in [6, 6.07) is 0. The molecular weight excluding hydrogens is 220 g/mol. The van der Waals surface area contributed by atoms with Gasteiger partial charge in [-0.05, 0) is 25.9 Å². The minimum absolute atomic E-state index is 0.232. The van der Waals surface area contributed by atoms with Crippen molar-refractivity contribution in [3.8, 4) is 0 Å². The van der Waals surface area contributed by atoms with E-state index in [1.165, 1.54) is 4.57 Å². The van der Waals surface area contributed by atoms with E-state index >= 15 is 0 Å². The van der Waals surface area contributed by atoms with Crippen molar-refractivity contribution in [3.05, 3.63) is 32.1 Å². The number of rotatable bonds is 6. The number of nitrogens with two attached hydrogens (primary N) is 2. The highest BCUT2D eigenvalue weighted by molar-refractivity contribution is 5.18. The van der Waals surface area contributed by atoms with Crippen LogP contribution in [-0.4, -0.2) is 22.6 Å². The standard InChI is InChI=1S/C11H20N4O2/c1-2-7-15-10(16)8(3-5-12)9(4-6-13)14-11(15)17/h2-7,12-13H2,1H3,(H,14,17). The lowest BCUT2D eigenvalue weighted by atomic mass is 10.1. The van der Waals surface area contributed by atoms with Crippen LogP contribution in [0.25, 0.3) is 0 Å². The topological polar surface area (TPSA) is 107 Å². The van der Waals surface area contributed by atoms with Crippen molar-refractivity contribution < 1.29 is 0 Å². The van der Waals surface area contributed by atoms with Crippen LogP contribution in [0.1, 0.15) is 24.6 Å². The lowest BCUT2D eigenvalue weighted by Crippen LogP contribution is -2.39. The number of hydrogen-bond acceptors (Lipinski definition) is 4. The van der Waals surface area contributed by atoms with E-state index in [9.17, 15) is 9.59 Å². The summed E-state index contributed by atoms with van der Waals surface area (Å²) < 4.78 is 1.23. The molecule has 0 aliphatic rings. The summed E-state index contributed by atoms with van der Waals surface area (Å²) in [7, 11) is 0. The van der Waals surface area contributed by atoms with Crippen LogP contribution in [0, 0.1) is 0 Å². The predicted octanol–water partition coefficient (Wildman–Crippen LogP) is -1.05. The Morgan fingerprint density at radius 2 is 1.82 bits per heavy atom. The Morgan fingerprint density at radius 1 is 1.18 bits per heavy atom. The maximum Gasteiger partial charge on any atom is 0.328 e. The fraction of sp³-hybridized carbons (Fsp3) is 0.636. The van der Waals surface area contributed by atoms with Gasteiger partial charge in [0, 0.05) is 24.2 Å². The molecule has 0 atom stereocenters. The van der Waals surface area contributed by atoms with Crippen molar-refractivity contribution in [2.45, 2.75) is 32.7 Å². The molecule has 0 saturated carbocycles. The Hall–Kier alpha value is -1.40. The van der Waals surface area contributed by atoms with E-state index in [1.807, 2.05) is 6.92 Å². The van der Waals surface area contributed by atoms with Crippen molar-refractivity contribution in [1.82, 2.24) is 9.55 Å². The molecule has 6 heteroatoms. The molecule has 0 radical (unpaired) electrons. The lowest BCUT2D eigenvalue weighted by Gasteiger charge is -2.10. The molecule has 0 spiro atoms. The maximum absolute atomic E-state index is 12.1. The van der Waals surface area contributed by atoms with Gasteiger partial charge in [0.15, 0.2) is 0 Å². The summed E-state index contributed by atoms with van der Waals surface area (Å²) in [5.41, 5.74) is 11.6. The van der Waals surface area contributed by atoms with E-state index in [0.717, 1.165) is 6.42 Å². The zero-order valence-corrected chi connectivity index (χ0v) is 10.2. The van der Waals surface area contributed by atoms with E-state index < -0.39 is 0 Å². The summed E-state index contributed by atoms with van der Waals surface area (Å²) in [6.07, 6.45) is 1.70. The quantitative estimate of drug-likeness (QED) is 0.589. The average Bonchev–Trinajstić information content (AvgIpc) is 2.30. The highest BCUT2D eigenvalue weighted by Gasteiger charge is 2.12. The minimum Gasteiger partial charge on any atom is -0.330 e. The number of nitrogens with one attached hydrogen (secondary N) is 1. The van der Waals surface area contributed by atoms with Gasteiger partial charge in [0.05, 0.1) is 0 Å². The first-order valence-corrected chi connectivity index (χ1v) is 5.90. The van der Waals surface area contributed by atoms with Crippen LogP contribution in [0.2, 0.25) is 0 Å². The Bertz CT molecular complexity index is 475. The molecule has 0 aliphatic carbocycles. The molecule has 5 N–H and O–H groups in total. The molecule has 0 amide bonds. The number of H-pyrrole nitrogens is 1. The van der Waals surface area contributed by atoms with Crippen LogP contribution >= 0.6 is 0 Å². The Balaban J connectivity index is 3.35. The van der Waals surface area contributed by atoms with Crippen LogP contribution in [0.15, 0.2) is 9.59 Å². The first-order valence-electron chi connectivity index (χ1n) is 5.90. The smallest absolute Gasteiger partial charge is 0.328 e. The molecular formula is C11H20N4O2. The molecule has 0 aliphatic heterocycles. The summed E-state index contributed by atoms with van der Waals surface area (Å²) in [5, 5.41) is 0. The molecule has 96 valence electrons. The van der Waals surface area contributed by atoms with Crippen LogP contribution < -0.4 is 22.7 Å². The first kappa shape index (κ1) is 13.7. The molecule has 17 heavy (non-hydrogen) atoms. The molecule has 0 aromatic carbocycles. The monoisotopic (exact) mass is 240 g/mol. The Morgan fingerprint density at radius 3 is 2.35 bits per heavy atom. The Kier molecular flexibility index (Phi) is 5.11. The van der Waals surface area contributed by atoms with Crippen LogP contribution in [0.4, 0.5) is 0 Å². The van der Waals surface area contributed by atoms with Crippen molar-refractivity contribution in [2.75, 3.05) is 13.1 Å². The highest BCUT2D eigenvalue weighted by Crippen LogP contribution is 1.99. The zero-order chi connectivity index (χ0) is 12.8. The fourth-order valence-corrected chi connectivity index (χ4v) is 1.84. The first-order chi connectivity index (χ1) is 8.15. The van der Waals surface area contributed by atoms with Gasteiger partial charge in [-0.25, -0.2) is 4.79 Å². The summed E-state index contributed by atoms with van der Waals surface area (Å²) >= 11 is 0. The fourth-order valence-electron chi connectivity index (χ4n) is 1.84. The van der Waals surface area contributed by atoms with Gasteiger partial charge in [-0.2, -0.15) is 0 Å². The van der Waals surface area contributed by atoms with Gasteiger partial charge in [-0.1, -0.05) is 6.92 Å². The van der Waals surface area contributed by atoms with E-state index in [1.54, 1.807) is 0 Å². The second kappa shape index (κ2) is 6.36. The molecule has 1 aromatic heterocycles. The van der Waals surface area contributed by atoms with Crippen molar-refractivity contribution in [2.24, 2.45) is 11.5 Å². The number of nitrogens with zero attached hydrogens (tertiary/aromatic N) is 1. The van der Waals surface area contributed by atoms with E-state index in [-0.39, 0.29) is 11.2 Å². The number of aromatic nitrogens is 2. The van der Waals surface area contributed by atoms with E-state index in [2.05, 4.69) is 4.98 Å². The highest BCUT2D eigenvalue weighted by atomic mass is 16.2. The third-order valence-corrected chi connectivity index (χ3v) is 2.61. The third kappa shape index (κ3) is 3.04. The van der Waals surface area contributed by atoms with E-state index in [0.29, 0.717) is 43.7 Å². The minimum atomic E-state index is -0.360. The molecule has 0 unspecified atom stereocenters. The van der Waals surface area contributed by atoms with Gasteiger partial charge in [-0.3, -0.25) is 9.36 Å². The van der Waals surface area contributed by atoms with Gasteiger partial charge < -0.3 is 16.5 Å². The largest absolute Gasteiger partial charge is 0.330 e. The van der Waals surface area contributed by atoms with Crippen molar-refractivity contribution in [3.63, 3.8) is 0 Å². The molecule has 1 rings (SSSR count). The van der Waals surface area contributed by atoms with Crippen LogP contribution in [0.3, 0.4) is 0 Å². The Labute approximate surface area is 99.6 Å². The molecule has 1 aromatic rings. The van der Waals surface area contributed by atoms with Gasteiger partial charge in [0.25, 0.3) is 5.56 Å². The SMILES string of the molecule is CCCn1c(=O)[nH]c(CCN)c(CCN)c1=O. The summed E-state index contributed by atoms with van der Waals surface area (Å²) in [4.78, 5) is 26.6. The van der Waals surface area contributed by atoms with Gasteiger partial charge in [0.1, 0.15) is 0 Å². The van der Waals surface area contributed by atoms with Gasteiger partial charge in [0.2, 0.25) is 0 Å². The second-order valence-corrected chi connectivity index (χ2v) is 3.92. The van der Waals surface area contributed by atoms with E-state index in [4.69, 9.17) is 11.5 Å². The molecule has 0 saturated heterocycles. The van der Waals surface area contributed by atoms with Gasteiger partial charge in [-0.15, -0.1) is 0 Å². The summed E-state index contributed by atoms with van der Waals surface area (Å²) in [5.74, 6) is 0. The van der Waals surface area contributed by atoms with Crippen LogP contribution in [-0.2, 0) is 19.4 Å². The third-order valence-electron chi connectivity index (χ3n) is 2.61. The molecule has 6 nitrogen and oxygen atoms in total. The van der Waals surface area contributed by atoms with Crippen molar-refractivity contribution in [1.29, 1.82) is 0 Å². The number of aromatic amines is 1. The summed E-state index contributed by atoms with van der Waals surface area (Å²) in [6.45, 7) is 3.12.